The fourth-order valence-corrected chi connectivity index (χ4v) is 2.39. The van der Waals surface area contributed by atoms with Crippen LogP contribution in [0.25, 0.3) is 6.08 Å². The second-order valence-corrected chi connectivity index (χ2v) is 5.62. The molecule has 0 heterocycles. The number of amides is 1. The highest BCUT2D eigenvalue weighted by Crippen LogP contribution is 2.15. The number of esters is 1. The predicted molar refractivity (Wildman–Crippen MR) is 105 cm³/mol. The molecule has 5 heteroatoms. The molecular weight excluding hydrogens is 328 g/mol. The molecular formula is C21H24N2O3. The van der Waals surface area contributed by atoms with E-state index in [-0.39, 0.29) is 18.4 Å². The van der Waals surface area contributed by atoms with E-state index in [9.17, 15) is 9.59 Å². The van der Waals surface area contributed by atoms with Gasteiger partial charge in [-0.25, -0.2) is 4.79 Å². The van der Waals surface area contributed by atoms with E-state index < -0.39 is 0 Å². The third-order valence-corrected chi connectivity index (χ3v) is 3.73. The number of para-hydroxylation sites is 1. The first-order chi connectivity index (χ1) is 12.6. The lowest BCUT2D eigenvalue weighted by Crippen LogP contribution is -2.22. The minimum atomic E-state index is -0.362. The van der Waals surface area contributed by atoms with Gasteiger partial charge in [0.05, 0.1) is 13.2 Å². The molecule has 0 aliphatic heterocycles. The van der Waals surface area contributed by atoms with Crippen LogP contribution in [0, 0.1) is 0 Å². The number of hydrogen-bond acceptors (Lipinski definition) is 4. The van der Waals surface area contributed by atoms with Crippen LogP contribution in [0.2, 0.25) is 0 Å². The lowest BCUT2D eigenvalue weighted by Gasteiger charge is -2.11. The molecule has 0 radical (unpaired) electrons. The molecule has 1 amide bonds. The van der Waals surface area contributed by atoms with Crippen molar-refractivity contribution in [3.05, 3.63) is 65.7 Å². The normalized spacial score (nSPS) is 10.5. The van der Waals surface area contributed by atoms with E-state index in [1.165, 1.54) is 6.08 Å². The van der Waals surface area contributed by atoms with Crippen LogP contribution in [-0.2, 0) is 20.7 Å². The summed E-state index contributed by atoms with van der Waals surface area (Å²) in [6.45, 7) is 4.36. The van der Waals surface area contributed by atoms with Gasteiger partial charge in [-0.1, -0.05) is 37.3 Å². The minimum Gasteiger partial charge on any atom is -0.463 e. The van der Waals surface area contributed by atoms with Crippen LogP contribution in [0.1, 0.15) is 25.0 Å². The van der Waals surface area contributed by atoms with E-state index in [1.54, 1.807) is 13.0 Å². The summed E-state index contributed by atoms with van der Waals surface area (Å²) in [7, 11) is 0. The zero-order valence-corrected chi connectivity index (χ0v) is 15.1. The smallest absolute Gasteiger partial charge is 0.330 e. The molecule has 0 bridgehead atoms. The Kier molecular flexibility index (Phi) is 7.43. The van der Waals surface area contributed by atoms with Gasteiger partial charge in [0.25, 0.3) is 0 Å². The van der Waals surface area contributed by atoms with Crippen LogP contribution in [0.3, 0.4) is 0 Å². The maximum atomic E-state index is 12.1. The van der Waals surface area contributed by atoms with Crippen molar-refractivity contribution in [3.63, 3.8) is 0 Å². The van der Waals surface area contributed by atoms with E-state index in [1.807, 2.05) is 48.5 Å². The molecule has 2 aromatic carbocycles. The Morgan fingerprint density at radius 2 is 1.77 bits per heavy atom. The van der Waals surface area contributed by atoms with Crippen LogP contribution in [0.4, 0.5) is 11.4 Å². The van der Waals surface area contributed by atoms with Crippen LogP contribution in [0.5, 0.6) is 0 Å². The summed E-state index contributed by atoms with van der Waals surface area (Å²) in [5, 5.41) is 6.01. The van der Waals surface area contributed by atoms with Crippen molar-refractivity contribution < 1.29 is 14.3 Å². The Labute approximate surface area is 154 Å². The summed E-state index contributed by atoms with van der Waals surface area (Å²) in [5.41, 5.74) is 3.67. The SMILES string of the molecule is CCOC(=O)C=Cc1ccc(NCC(=O)Nc2ccccc2CC)cc1. The molecule has 0 atom stereocenters. The van der Waals surface area contributed by atoms with E-state index in [0.29, 0.717) is 6.61 Å². The summed E-state index contributed by atoms with van der Waals surface area (Å²) in [5.74, 6) is -0.462. The Hall–Kier alpha value is -3.08. The summed E-state index contributed by atoms with van der Waals surface area (Å²) in [6, 6.07) is 15.2. The summed E-state index contributed by atoms with van der Waals surface area (Å²) < 4.78 is 4.83. The van der Waals surface area contributed by atoms with Crippen molar-refractivity contribution in [2.45, 2.75) is 20.3 Å². The molecule has 0 unspecified atom stereocenters. The van der Waals surface area contributed by atoms with Crippen LogP contribution in [-0.4, -0.2) is 25.0 Å². The third kappa shape index (κ3) is 6.09. The van der Waals surface area contributed by atoms with Crippen LogP contribution < -0.4 is 10.6 Å². The molecule has 26 heavy (non-hydrogen) atoms. The first-order valence-electron chi connectivity index (χ1n) is 8.69. The van der Waals surface area contributed by atoms with Crippen LogP contribution >= 0.6 is 0 Å². The van der Waals surface area contributed by atoms with Gasteiger partial charge in [-0.05, 0) is 48.7 Å². The summed E-state index contributed by atoms with van der Waals surface area (Å²) in [4.78, 5) is 23.4. The average molecular weight is 352 g/mol. The summed E-state index contributed by atoms with van der Waals surface area (Å²) in [6.07, 6.45) is 3.95. The number of carbonyl (C=O) groups is 2. The van der Waals surface area contributed by atoms with Crippen molar-refractivity contribution in [3.8, 4) is 0 Å². The highest BCUT2D eigenvalue weighted by Gasteiger charge is 2.05. The van der Waals surface area contributed by atoms with Crippen LogP contribution in [0.15, 0.2) is 54.6 Å². The van der Waals surface area contributed by atoms with E-state index in [4.69, 9.17) is 4.74 Å². The monoisotopic (exact) mass is 352 g/mol. The van der Waals surface area contributed by atoms with E-state index >= 15 is 0 Å². The third-order valence-electron chi connectivity index (χ3n) is 3.73. The van der Waals surface area contributed by atoms with Crippen molar-refractivity contribution in [2.75, 3.05) is 23.8 Å². The molecule has 5 nitrogen and oxygen atoms in total. The average Bonchev–Trinajstić information content (AvgIpc) is 2.66. The highest BCUT2D eigenvalue weighted by molar-refractivity contribution is 5.94. The molecule has 0 aliphatic carbocycles. The van der Waals surface area contributed by atoms with Crippen molar-refractivity contribution in [1.82, 2.24) is 0 Å². The maximum absolute atomic E-state index is 12.1. The standard InChI is InChI=1S/C21H24N2O3/c1-3-17-7-5-6-8-19(17)23-20(24)15-22-18-12-9-16(10-13-18)11-14-21(25)26-4-2/h5-14,22H,3-4,15H2,1-2H3,(H,23,24). The molecule has 0 fully saturated rings. The number of ether oxygens (including phenoxy) is 1. The van der Waals surface area contributed by atoms with Gasteiger partial charge in [0.2, 0.25) is 5.91 Å². The van der Waals surface area contributed by atoms with Gasteiger partial charge in [-0.15, -0.1) is 0 Å². The molecule has 136 valence electrons. The van der Waals surface area contributed by atoms with Gasteiger partial charge >= 0.3 is 5.97 Å². The fraction of sp³-hybridized carbons (Fsp3) is 0.238. The summed E-state index contributed by atoms with van der Waals surface area (Å²) >= 11 is 0. The quantitative estimate of drug-likeness (QED) is 0.559. The predicted octanol–water partition coefficient (Wildman–Crippen LogP) is 3.88. The molecule has 0 spiro atoms. The first-order valence-corrected chi connectivity index (χ1v) is 8.69. The van der Waals surface area contributed by atoms with Gasteiger partial charge in [0.15, 0.2) is 0 Å². The van der Waals surface area contributed by atoms with Gasteiger partial charge in [0.1, 0.15) is 0 Å². The van der Waals surface area contributed by atoms with Crippen molar-refractivity contribution in [2.24, 2.45) is 0 Å². The fourth-order valence-electron chi connectivity index (χ4n) is 2.39. The lowest BCUT2D eigenvalue weighted by molar-refractivity contribution is -0.137. The second kappa shape index (κ2) is 10.0. The Morgan fingerprint density at radius 3 is 2.46 bits per heavy atom. The molecule has 2 aromatic rings. The lowest BCUT2D eigenvalue weighted by atomic mass is 10.1. The Balaban J connectivity index is 1.85. The number of carbonyl (C=O) groups excluding carboxylic acids is 2. The van der Waals surface area contributed by atoms with Gasteiger partial charge in [0, 0.05) is 17.5 Å². The molecule has 2 rings (SSSR count). The molecule has 0 aliphatic rings. The Bertz CT molecular complexity index is 767. The minimum absolute atomic E-state index is 0.0998. The molecule has 0 saturated carbocycles. The number of hydrogen-bond donors (Lipinski definition) is 2. The van der Waals surface area contributed by atoms with Gasteiger partial charge in [-0.2, -0.15) is 0 Å². The number of aryl methyl sites for hydroxylation is 1. The Morgan fingerprint density at radius 1 is 1.04 bits per heavy atom. The largest absolute Gasteiger partial charge is 0.463 e. The van der Waals surface area contributed by atoms with E-state index in [0.717, 1.165) is 28.9 Å². The zero-order valence-electron chi connectivity index (χ0n) is 15.1. The molecule has 0 saturated heterocycles. The second-order valence-electron chi connectivity index (χ2n) is 5.62. The molecule has 2 N–H and O–H groups in total. The first kappa shape index (κ1) is 19.2. The number of rotatable bonds is 8. The zero-order chi connectivity index (χ0) is 18.8. The highest BCUT2D eigenvalue weighted by atomic mass is 16.5. The van der Waals surface area contributed by atoms with Gasteiger partial charge in [-0.3, -0.25) is 4.79 Å². The van der Waals surface area contributed by atoms with Gasteiger partial charge < -0.3 is 15.4 Å². The van der Waals surface area contributed by atoms with Crippen molar-refractivity contribution >= 4 is 29.3 Å². The number of anilines is 2. The molecule has 0 aromatic heterocycles. The topological polar surface area (TPSA) is 67.4 Å². The van der Waals surface area contributed by atoms with E-state index in [2.05, 4.69) is 17.6 Å². The number of nitrogens with one attached hydrogen (secondary N) is 2. The maximum Gasteiger partial charge on any atom is 0.330 e. The number of benzene rings is 2. The van der Waals surface area contributed by atoms with Crippen molar-refractivity contribution in [1.29, 1.82) is 0 Å².